The Morgan fingerprint density at radius 3 is 1.77 bits per heavy atom. The predicted octanol–water partition coefficient (Wildman–Crippen LogP) is 6.30. The largest absolute Gasteiger partial charge is 0.459 e. The topological polar surface area (TPSA) is 181 Å². The van der Waals surface area contributed by atoms with Crippen molar-refractivity contribution in [1.82, 2.24) is 26.6 Å². The molecule has 0 heterocycles. The molecule has 340 valence electrons. The molecule has 0 aliphatic heterocycles. The zero-order chi connectivity index (χ0) is 46.0. The lowest BCUT2D eigenvalue weighted by molar-refractivity contribution is -0.150. The average molecular weight is 892 g/mol. The Bertz CT molecular complexity index is 2150. The third kappa shape index (κ3) is 13.7. The van der Waals surface area contributed by atoms with Gasteiger partial charge in [-0.1, -0.05) is 150 Å². The summed E-state index contributed by atoms with van der Waals surface area (Å²) in [5.74, 6) is -3.25. The number of nitrogens with one attached hydrogen (secondary N) is 5. The Balaban J connectivity index is 1.23. The van der Waals surface area contributed by atoms with E-state index in [1.54, 1.807) is 0 Å². The molecule has 1 aliphatic rings. The summed E-state index contributed by atoms with van der Waals surface area (Å²) in [4.78, 5) is 81.7. The molecule has 0 saturated carbocycles. The molecule has 4 aromatic carbocycles. The molecule has 5 N–H and O–H groups in total. The van der Waals surface area contributed by atoms with Gasteiger partial charge in [-0.25, -0.2) is 9.59 Å². The van der Waals surface area contributed by atoms with Gasteiger partial charge in [0.1, 0.15) is 37.4 Å². The average Bonchev–Trinajstić information content (AvgIpc) is 3.64. The van der Waals surface area contributed by atoms with Crippen LogP contribution in [0.5, 0.6) is 0 Å². The van der Waals surface area contributed by atoms with E-state index in [4.69, 9.17) is 9.47 Å². The summed E-state index contributed by atoms with van der Waals surface area (Å²) in [6.45, 7) is 7.07. The molecule has 14 heteroatoms. The highest BCUT2D eigenvalue weighted by Crippen LogP contribution is 2.44. The third-order valence-electron chi connectivity index (χ3n) is 11.7. The first-order chi connectivity index (χ1) is 30.9. The first-order valence-corrected chi connectivity index (χ1v) is 23.4. The molecule has 0 spiro atoms. The van der Waals surface area contributed by atoms with E-state index in [9.17, 15) is 28.8 Å². The fourth-order valence-corrected chi connectivity index (χ4v) is 8.04. The monoisotopic (exact) mass is 891 g/mol. The van der Waals surface area contributed by atoms with Crippen LogP contribution >= 0.6 is 11.8 Å². The molecule has 1 aliphatic carbocycles. The summed E-state index contributed by atoms with van der Waals surface area (Å²) in [7, 11) is 0. The molecular weight excluding hydrogens is 831 g/mol. The Hall–Kier alpha value is -6.15. The minimum Gasteiger partial charge on any atom is -0.459 e. The van der Waals surface area contributed by atoms with Crippen molar-refractivity contribution in [1.29, 1.82) is 0 Å². The fraction of sp³-hybridized carbons (Fsp3) is 0.400. The van der Waals surface area contributed by atoms with Crippen molar-refractivity contribution in [3.05, 3.63) is 131 Å². The molecular formula is C50H61N5O8S. The lowest BCUT2D eigenvalue weighted by atomic mass is 9.96. The summed E-state index contributed by atoms with van der Waals surface area (Å²) in [6, 6.07) is 30.1. The molecule has 0 aromatic heterocycles. The van der Waals surface area contributed by atoms with Gasteiger partial charge in [0.25, 0.3) is 0 Å². The maximum atomic E-state index is 14.2. The smallest absolute Gasteiger partial charge is 0.407 e. The van der Waals surface area contributed by atoms with Crippen LogP contribution < -0.4 is 26.6 Å². The number of alkyl carbamates (subject to hydrolysis) is 1. The van der Waals surface area contributed by atoms with Crippen LogP contribution in [0, 0.1) is 11.8 Å². The van der Waals surface area contributed by atoms with Gasteiger partial charge in [0.2, 0.25) is 23.6 Å². The van der Waals surface area contributed by atoms with Crippen LogP contribution in [-0.2, 0) is 46.5 Å². The first-order valence-electron chi connectivity index (χ1n) is 22.0. The van der Waals surface area contributed by atoms with Gasteiger partial charge in [-0.3, -0.25) is 19.2 Å². The lowest BCUT2D eigenvalue weighted by Crippen LogP contribution is -2.59. The number of benzene rings is 4. The molecule has 5 amide bonds. The van der Waals surface area contributed by atoms with Crippen LogP contribution in [0.4, 0.5) is 4.79 Å². The molecule has 5 rings (SSSR count). The number of amides is 5. The summed E-state index contributed by atoms with van der Waals surface area (Å²) >= 11 is 1.51. The third-order valence-corrected chi connectivity index (χ3v) is 12.3. The zero-order valence-electron chi connectivity index (χ0n) is 37.3. The fourth-order valence-electron chi connectivity index (χ4n) is 7.57. The van der Waals surface area contributed by atoms with E-state index in [1.165, 1.54) is 11.8 Å². The number of hydrogen-bond donors (Lipinski definition) is 5. The van der Waals surface area contributed by atoms with Crippen LogP contribution in [0.1, 0.15) is 75.1 Å². The Labute approximate surface area is 380 Å². The SMILES string of the molecule is CC[C@H](C)[C@H](NC(=O)[C@H](CCSC)NC(=O)OCC1c2ccccc2-c2ccccc21)C(=O)N[C@@H](Cc1ccccc1)C(=O)NCC(=O)N[C@H](C(=O)OCc1ccccc1)[C@@H](C)CC. The van der Waals surface area contributed by atoms with E-state index >= 15 is 0 Å². The molecule has 13 nitrogen and oxygen atoms in total. The second-order valence-electron chi connectivity index (χ2n) is 16.2. The summed E-state index contributed by atoms with van der Waals surface area (Å²) in [6.07, 6.45) is 2.59. The second-order valence-corrected chi connectivity index (χ2v) is 17.2. The Morgan fingerprint density at radius 2 is 1.17 bits per heavy atom. The highest BCUT2D eigenvalue weighted by atomic mass is 32.2. The van der Waals surface area contributed by atoms with Gasteiger partial charge in [-0.15, -0.1) is 0 Å². The van der Waals surface area contributed by atoms with E-state index in [0.29, 0.717) is 18.6 Å². The van der Waals surface area contributed by atoms with E-state index in [0.717, 1.165) is 33.4 Å². The van der Waals surface area contributed by atoms with Crippen molar-refractivity contribution in [2.45, 2.75) is 90.1 Å². The minimum atomic E-state index is -1.14. The van der Waals surface area contributed by atoms with Crippen molar-refractivity contribution in [2.75, 3.05) is 25.2 Å². The second kappa shape index (κ2) is 24.6. The molecule has 4 aromatic rings. The van der Waals surface area contributed by atoms with Crippen molar-refractivity contribution in [3.63, 3.8) is 0 Å². The van der Waals surface area contributed by atoms with Gasteiger partial charge in [0.15, 0.2) is 0 Å². The van der Waals surface area contributed by atoms with Gasteiger partial charge in [-0.2, -0.15) is 11.8 Å². The summed E-state index contributed by atoms with van der Waals surface area (Å²) < 4.78 is 11.3. The minimum absolute atomic E-state index is 0.0473. The molecule has 0 saturated heterocycles. The number of fused-ring (bicyclic) bond motifs is 3. The van der Waals surface area contributed by atoms with Crippen LogP contribution in [0.2, 0.25) is 0 Å². The lowest BCUT2D eigenvalue weighted by Gasteiger charge is -2.28. The van der Waals surface area contributed by atoms with Crippen LogP contribution in [0.15, 0.2) is 109 Å². The van der Waals surface area contributed by atoms with Gasteiger partial charge in [0, 0.05) is 12.3 Å². The van der Waals surface area contributed by atoms with Crippen molar-refractivity contribution < 1.29 is 38.2 Å². The summed E-state index contributed by atoms with van der Waals surface area (Å²) in [5, 5.41) is 13.8. The van der Waals surface area contributed by atoms with Crippen LogP contribution in [-0.4, -0.2) is 85.0 Å². The van der Waals surface area contributed by atoms with Gasteiger partial charge >= 0.3 is 12.1 Å². The van der Waals surface area contributed by atoms with Crippen molar-refractivity contribution in [2.24, 2.45) is 11.8 Å². The van der Waals surface area contributed by atoms with Crippen LogP contribution in [0.3, 0.4) is 0 Å². The predicted molar refractivity (Wildman–Crippen MR) is 249 cm³/mol. The zero-order valence-corrected chi connectivity index (χ0v) is 38.1. The number of carbonyl (C=O) groups is 6. The number of hydrogen-bond acceptors (Lipinski definition) is 9. The number of rotatable bonds is 23. The van der Waals surface area contributed by atoms with Gasteiger partial charge < -0.3 is 36.1 Å². The first kappa shape index (κ1) is 48.9. The number of carbonyl (C=O) groups excluding carboxylic acids is 6. The van der Waals surface area contributed by atoms with Gasteiger partial charge in [0.05, 0.1) is 6.54 Å². The number of ether oxygens (including phenoxy) is 2. The maximum absolute atomic E-state index is 14.2. The quantitative estimate of drug-likeness (QED) is 0.0535. The standard InChI is InChI=1S/C50H61N5O8S/c1-6-32(3)44(55-47(58)41(26-27-64-5)53-50(61)63-31-40-38-24-16-14-22-36(38)37-23-15-17-25-39(37)40)48(59)52-42(28-34-18-10-8-11-19-34)46(57)51-29-43(56)54-45(33(4)7-2)49(60)62-30-35-20-12-9-13-21-35/h8-25,32-33,40-42,44-45H,6-7,26-31H2,1-5H3,(H,51,57)(H,52,59)(H,53,61)(H,54,56)(H,55,58)/t32-,33-,41-,42-,44-,45-/m0/s1. The van der Waals surface area contributed by atoms with Crippen LogP contribution in [0.25, 0.3) is 11.1 Å². The summed E-state index contributed by atoms with van der Waals surface area (Å²) in [5.41, 5.74) is 5.86. The maximum Gasteiger partial charge on any atom is 0.407 e. The molecule has 0 radical (unpaired) electrons. The molecule has 0 unspecified atom stereocenters. The Morgan fingerprint density at radius 1 is 0.609 bits per heavy atom. The van der Waals surface area contributed by atoms with Crippen molar-refractivity contribution >= 4 is 47.5 Å². The molecule has 64 heavy (non-hydrogen) atoms. The number of esters is 1. The van der Waals surface area contributed by atoms with Gasteiger partial charge in [-0.05, 0) is 63.6 Å². The van der Waals surface area contributed by atoms with E-state index in [-0.39, 0.29) is 43.8 Å². The molecule has 0 fully saturated rings. The normalized spacial score (nSPS) is 14.5. The van der Waals surface area contributed by atoms with E-state index < -0.39 is 66.4 Å². The van der Waals surface area contributed by atoms with E-state index in [1.807, 2.05) is 131 Å². The molecule has 6 atom stereocenters. The Kier molecular flexibility index (Phi) is 18.8. The van der Waals surface area contributed by atoms with E-state index in [2.05, 4.69) is 38.7 Å². The highest BCUT2D eigenvalue weighted by Gasteiger charge is 2.34. The van der Waals surface area contributed by atoms with Crippen molar-refractivity contribution in [3.8, 4) is 11.1 Å². The number of thioether (sulfide) groups is 1. The molecule has 0 bridgehead atoms. The highest BCUT2D eigenvalue weighted by molar-refractivity contribution is 7.98.